The fourth-order valence-corrected chi connectivity index (χ4v) is 4.68. The summed E-state index contributed by atoms with van der Waals surface area (Å²) in [6.07, 6.45) is 2.74. The number of aliphatic hydroxyl groups excluding tert-OH is 1. The summed E-state index contributed by atoms with van der Waals surface area (Å²) in [6, 6.07) is 10.1. The van der Waals surface area contributed by atoms with Gasteiger partial charge in [0.25, 0.3) is 0 Å². The van der Waals surface area contributed by atoms with Gasteiger partial charge < -0.3 is 29.6 Å². The molecule has 1 saturated heterocycles. The predicted octanol–water partition coefficient (Wildman–Crippen LogP) is 3.77. The van der Waals surface area contributed by atoms with Gasteiger partial charge in [-0.15, -0.1) is 0 Å². The summed E-state index contributed by atoms with van der Waals surface area (Å²) in [5.41, 5.74) is 0.747. The first-order valence-electron chi connectivity index (χ1n) is 9.85. The number of likely N-dealkylation sites (N-methyl/N-ethyl adjacent to an activating group) is 1. The van der Waals surface area contributed by atoms with Crippen LogP contribution in [0.15, 0.2) is 45.6 Å². The van der Waals surface area contributed by atoms with Crippen molar-refractivity contribution in [2.45, 2.75) is 18.4 Å². The Morgan fingerprint density at radius 1 is 1.19 bits per heavy atom. The van der Waals surface area contributed by atoms with Gasteiger partial charge in [-0.05, 0) is 40.3 Å². The maximum absolute atomic E-state index is 12.8. The number of piperidine rings is 1. The highest BCUT2D eigenvalue weighted by molar-refractivity contribution is 14.1. The zero-order chi connectivity index (χ0) is 22.3. The minimum Gasteiger partial charge on any atom is -0.633 e. The molecular formula is C23H22INO6. The van der Waals surface area contributed by atoms with E-state index in [1.807, 2.05) is 30.3 Å². The minimum atomic E-state index is -1.02. The molecule has 0 amide bonds. The van der Waals surface area contributed by atoms with E-state index in [2.05, 4.69) is 22.6 Å². The summed E-state index contributed by atoms with van der Waals surface area (Å²) in [4.78, 5) is 12.8. The topological polar surface area (TPSA) is 114 Å². The molecule has 7 nitrogen and oxygen atoms in total. The van der Waals surface area contributed by atoms with Crippen molar-refractivity contribution in [2.24, 2.45) is 0 Å². The van der Waals surface area contributed by atoms with Gasteiger partial charge >= 0.3 is 0 Å². The number of phenols is 2. The molecule has 0 radical (unpaired) electrons. The number of halogens is 1. The van der Waals surface area contributed by atoms with Crippen LogP contribution in [0.25, 0.3) is 23.1 Å². The van der Waals surface area contributed by atoms with Crippen molar-refractivity contribution in [3.05, 3.63) is 72.3 Å². The Morgan fingerprint density at radius 3 is 2.65 bits per heavy atom. The second-order valence-corrected chi connectivity index (χ2v) is 9.23. The van der Waals surface area contributed by atoms with E-state index in [0.717, 1.165) is 15.2 Å². The Bertz CT molecular complexity index is 1230. The lowest BCUT2D eigenvalue weighted by molar-refractivity contribution is -0.870. The minimum absolute atomic E-state index is 0.0264. The quantitative estimate of drug-likeness (QED) is 0.267. The second kappa shape index (κ2) is 8.27. The van der Waals surface area contributed by atoms with E-state index < -0.39 is 27.8 Å². The summed E-state index contributed by atoms with van der Waals surface area (Å²) in [7, 11) is 1.49. The fraction of sp³-hybridized carbons (Fsp3) is 0.261. The molecule has 4 rings (SSSR count). The van der Waals surface area contributed by atoms with Gasteiger partial charge in [0.2, 0.25) is 0 Å². The van der Waals surface area contributed by atoms with Gasteiger partial charge in [-0.25, -0.2) is 0 Å². The highest BCUT2D eigenvalue weighted by Gasteiger charge is 2.37. The number of aromatic hydroxyl groups is 2. The van der Waals surface area contributed by atoms with Gasteiger partial charge in [0, 0.05) is 33.6 Å². The molecule has 31 heavy (non-hydrogen) atoms. The van der Waals surface area contributed by atoms with Gasteiger partial charge in [0.1, 0.15) is 40.9 Å². The Morgan fingerprint density at radius 2 is 1.94 bits per heavy atom. The zero-order valence-electron chi connectivity index (χ0n) is 16.8. The summed E-state index contributed by atoms with van der Waals surface area (Å²) < 4.78 is 6.39. The van der Waals surface area contributed by atoms with Crippen molar-refractivity contribution in [1.29, 1.82) is 0 Å². The molecule has 2 aromatic carbocycles. The molecule has 0 spiro atoms. The summed E-state index contributed by atoms with van der Waals surface area (Å²) in [5, 5.41) is 43.7. The predicted molar refractivity (Wildman–Crippen MR) is 127 cm³/mol. The van der Waals surface area contributed by atoms with Crippen LogP contribution in [0.3, 0.4) is 0 Å². The zero-order valence-corrected chi connectivity index (χ0v) is 18.9. The van der Waals surface area contributed by atoms with E-state index in [1.165, 1.54) is 13.1 Å². The molecule has 2 heterocycles. The number of hydrogen-bond acceptors (Lipinski definition) is 6. The van der Waals surface area contributed by atoms with Crippen molar-refractivity contribution < 1.29 is 24.4 Å². The molecule has 1 fully saturated rings. The normalized spacial score (nSPS) is 24.1. The van der Waals surface area contributed by atoms with Crippen molar-refractivity contribution >= 4 is 45.7 Å². The Balaban J connectivity index is 1.85. The third-order valence-electron chi connectivity index (χ3n) is 5.67. The van der Waals surface area contributed by atoms with Gasteiger partial charge in [-0.1, -0.05) is 24.3 Å². The van der Waals surface area contributed by atoms with Gasteiger partial charge in [0.15, 0.2) is 5.43 Å². The number of hydroxylamine groups is 3. The number of quaternary nitrogens is 1. The van der Waals surface area contributed by atoms with Crippen LogP contribution in [-0.4, -0.2) is 46.2 Å². The highest BCUT2D eigenvalue weighted by atomic mass is 127. The van der Waals surface area contributed by atoms with Crippen molar-refractivity contribution in [2.75, 3.05) is 20.1 Å². The lowest BCUT2D eigenvalue weighted by Gasteiger charge is -2.46. The Labute approximate surface area is 192 Å². The molecule has 8 heteroatoms. The molecule has 3 aromatic rings. The molecular weight excluding hydrogens is 513 g/mol. The van der Waals surface area contributed by atoms with E-state index in [9.17, 15) is 25.3 Å². The van der Waals surface area contributed by atoms with E-state index in [0.29, 0.717) is 6.42 Å². The Kier molecular flexibility index (Phi) is 5.82. The van der Waals surface area contributed by atoms with Gasteiger partial charge in [-0.2, -0.15) is 0 Å². The average molecular weight is 535 g/mol. The van der Waals surface area contributed by atoms with Crippen LogP contribution in [0.4, 0.5) is 0 Å². The van der Waals surface area contributed by atoms with E-state index >= 15 is 0 Å². The number of likely N-dealkylation sites (tertiary alicyclic amines) is 1. The third kappa shape index (κ3) is 4.33. The number of benzene rings is 2. The summed E-state index contributed by atoms with van der Waals surface area (Å²) in [5.74, 6) is -1.02. The molecule has 1 aromatic heterocycles. The molecule has 162 valence electrons. The van der Waals surface area contributed by atoms with E-state index in [1.54, 1.807) is 6.08 Å². The van der Waals surface area contributed by atoms with Crippen LogP contribution in [0.2, 0.25) is 0 Å². The number of fused-ring (bicyclic) bond motifs is 1. The molecule has 3 N–H and O–H groups in total. The highest BCUT2D eigenvalue weighted by Crippen LogP contribution is 2.42. The van der Waals surface area contributed by atoms with Crippen LogP contribution in [0, 0.1) is 8.78 Å². The number of phenolic OH excluding ortho intramolecular Hbond substituents is 2. The average Bonchev–Trinajstić information content (AvgIpc) is 2.68. The molecule has 0 saturated carbocycles. The molecule has 0 aliphatic carbocycles. The monoisotopic (exact) mass is 535 g/mol. The summed E-state index contributed by atoms with van der Waals surface area (Å²) in [6.45, 7) is 0.211. The molecule has 3 atom stereocenters. The third-order valence-corrected chi connectivity index (χ3v) is 6.65. The van der Waals surface area contributed by atoms with Crippen molar-refractivity contribution in [3.63, 3.8) is 0 Å². The number of hydrogen-bond donors (Lipinski definition) is 3. The number of aliphatic hydroxyl groups is 1. The van der Waals surface area contributed by atoms with Gasteiger partial charge in [-0.3, -0.25) is 4.79 Å². The molecule has 0 bridgehead atoms. The molecule has 1 aliphatic rings. The van der Waals surface area contributed by atoms with E-state index in [-0.39, 0.29) is 41.1 Å². The smallest absolute Gasteiger partial charge is 0.197 e. The van der Waals surface area contributed by atoms with Crippen LogP contribution in [0.1, 0.15) is 29.2 Å². The Hall–Kier alpha value is -2.40. The standard InChI is InChI=1S/C23H22INO6/c1-25(30)9-8-15(20(29)12-25)21-18(27)11-19(28)22-17(26)10-14(31-23(21)22)7-6-13-4-2-3-5-16(13)24/h2-7,10-11,15,20,27-29H,8-9,12H2,1H3/b7-6+/t15-,20+,25?/m0/s1. The van der Waals surface area contributed by atoms with Crippen LogP contribution >= 0.6 is 22.6 Å². The molecule has 1 unspecified atom stereocenters. The van der Waals surface area contributed by atoms with Crippen LogP contribution in [-0.2, 0) is 0 Å². The van der Waals surface area contributed by atoms with Crippen LogP contribution in [0.5, 0.6) is 11.5 Å². The maximum atomic E-state index is 12.8. The van der Waals surface area contributed by atoms with Crippen molar-refractivity contribution in [3.8, 4) is 11.5 Å². The molecule has 1 aliphatic heterocycles. The van der Waals surface area contributed by atoms with E-state index in [4.69, 9.17) is 4.42 Å². The number of rotatable bonds is 3. The van der Waals surface area contributed by atoms with Gasteiger partial charge in [0.05, 0.1) is 13.6 Å². The second-order valence-electron chi connectivity index (χ2n) is 8.07. The first-order chi connectivity index (χ1) is 14.7. The lowest BCUT2D eigenvalue weighted by Crippen LogP contribution is -2.51. The van der Waals surface area contributed by atoms with Crippen molar-refractivity contribution in [1.82, 2.24) is 0 Å². The maximum Gasteiger partial charge on any atom is 0.197 e. The fourth-order valence-electron chi connectivity index (χ4n) is 4.12. The first-order valence-corrected chi connectivity index (χ1v) is 10.9. The van der Waals surface area contributed by atoms with Crippen LogP contribution < -0.4 is 5.43 Å². The SMILES string of the molecule is C[N+]1([O-])CC[C@H](c2c(O)cc(O)c3c(=O)cc(/C=C/c4ccccc4I)oc23)[C@H](O)C1. The first kappa shape index (κ1) is 21.8. The number of nitrogens with zero attached hydrogens (tertiary/aromatic N) is 1. The lowest BCUT2D eigenvalue weighted by atomic mass is 9.85. The largest absolute Gasteiger partial charge is 0.633 e. The summed E-state index contributed by atoms with van der Waals surface area (Å²) >= 11 is 2.21.